The topological polar surface area (TPSA) is 68.8 Å². The molecule has 6 heteroatoms. The number of anilines is 2. The van der Waals surface area contributed by atoms with E-state index >= 15 is 0 Å². The number of benzene rings is 3. The SMILES string of the molecule is COc1ccc([C@H]2Nc3ccccc3NC3=C2C(=O)C[C@@H](c2ccccc2OC)C3)cc1OC. The fraction of sp³-hybridized carbons (Fsp3) is 0.250. The number of methoxy groups -OCH3 is 3. The Balaban J connectivity index is 1.62. The third-order valence-corrected chi connectivity index (χ3v) is 6.63. The Morgan fingerprint density at radius 3 is 2.24 bits per heavy atom. The molecule has 3 aromatic carbocycles. The first kappa shape index (κ1) is 21.9. The molecule has 2 N–H and O–H groups in total. The number of nitrogens with one attached hydrogen (secondary N) is 2. The molecule has 0 amide bonds. The minimum atomic E-state index is -0.322. The van der Waals surface area contributed by atoms with Gasteiger partial charge in [-0.3, -0.25) is 4.79 Å². The van der Waals surface area contributed by atoms with Crippen LogP contribution in [-0.2, 0) is 4.79 Å². The summed E-state index contributed by atoms with van der Waals surface area (Å²) in [5.74, 6) is 2.24. The number of ketones is 1. The van der Waals surface area contributed by atoms with Gasteiger partial charge in [0, 0.05) is 23.6 Å². The molecule has 6 nitrogen and oxygen atoms in total. The van der Waals surface area contributed by atoms with Crippen LogP contribution in [0.15, 0.2) is 78.0 Å². The van der Waals surface area contributed by atoms with Gasteiger partial charge < -0.3 is 24.8 Å². The van der Waals surface area contributed by atoms with Crippen molar-refractivity contribution < 1.29 is 19.0 Å². The number of rotatable bonds is 5. The van der Waals surface area contributed by atoms with E-state index in [2.05, 4.69) is 16.7 Å². The highest BCUT2D eigenvalue weighted by atomic mass is 16.5. The monoisotopic (exact) mass is 456 g/mol. The molecule has 0 saturated carbocycles. The first-order valence-electron chi connectivity index (χ1n) is 11.4. The Morgan fingerprint density at radius 2 is 1.47 bits per heavy atom. The first-order chi connectivity index (χ1) is 16.6. The molecule has 0 radical (unpaired) electrons. The van der Waals surface area contributed by atoms with Crippen LogP contribution in [0, 0.1) is 0 Å². The van der Waals surface area contributed by atoms with Crippen LogP contribution in [0.3, 0.4) is 0 Å². The highest BCUT2D eigenvalue weighted by Crippen LogP contribution is 2.46. The van der Waals surface area contributed by atoms with E-state index in [9.17, 15) is 4.79 Å². The largest absolute Gasteiger partial charge is 0.496 e. The summed E-state index contributed by atoms with van der Waals surface area (Å²) in [6.07, 6.45) is 1.13. The number of hydrogen-bond donors (Lipinski definition) is 2. The van der Waals surface area contributed by atoms with Gasteiger partial charge in [-0.25, -0.2) is 0 Å². The summed E-state index contributed by atoms with van der Waals surface area (Å²) in [7, 11) is 4.91. The summed E-state index contributed by atoms with van der Waals surface area (Å²) in [6.45, 7) is 0. The van der Waals surface area contributed by atoms with E-state index in [0.717, 1.165) is 39.5 Å². The molecule has 0 aromatic heterocycles. The Kier molecular flexibility index (Phi) is 5.88. The lowest BCUT2D eigenvalue weighted by molar-refractivity contribution is -0.116. The van der Waals surface area contributed by atoms with Crippen molar-refractivity contribution in [3.8, 4) is 17.2 Å². The number of carbonyl (C=O) groups excluding carboxylic acids is 1. The molecule has 1 aliphatic carbocycles. The van der Waals surface area contributed by atoms with E-state index in [1.807, 2.05) is 60.7 Å². The summed E-state index contributed by atoms with van der Waals surface area (Å²) in [5.41, 5.74) is 5.58. The summed E-state index contributed by atoms with van der Waals surface area (Å²) in [4.78, 5) is 13.7. The average molecular weight is 457 g/mol. The zero-order valence-electron chi connectivity index (χ0n) is 19.6. The van der Waals surface area contributed by atoms with Crippen molar-refractivity contribution >= 4 is 17.2 Å². The molecule has 3 aromatic rings. The minimum absolute atomic E-state index is 0.0335. The van der Waals surface area contributed by atoms with Gasteiger partial charge in [-0.05, 0) is 47.9 Å². The molecule has 1 aliphatic heterocycles. The summed E-state index contributed by atoms with van der Waals surface area (Å²) >= 11 is 0. The van der Waals surface area contributed by atoms with E-state index in [1.54, 1.807) is 21.3 Å². The molecule has 5 rings (SSSR count). The van der Waals surface area contributed by atoms with E-state index in [1.165, 1.54) is 0 Å². The van der Waals surface area contributed by atoms with Gasteiger partial charge in [0.25, 0.3) is 0 Å². The van der Waals surface area contributed by atoms with Gasteiger partial charge in [0.05, 0.1) is 38.7 Å². The van der Waals surface area contributed by atoms with E-state index < -0.39 is 0 Å². The van der Waals surface area contributed by atoms with Crippen molar-refractivity contribution in [2.75, 3.05) is 32.0 Å². The van der Waals surface area contributed by atoms with Crippen LogP contribution in [-0.4, -0.2) is 27.1 Å². The normalized spacial score (nSPS) is 19.2. The minimum Gasteiger partial charge on any atom is -0.496 e. The fourth-order valence-corrected chi connectivity index (χ4v) is 5.00. The molecular formula is C28H28N2O4. The number of Topliss-reactive ketones (excluding diaryl/α,β-unsaturated/α-hetero) is 1. The van der Waals surface area contributed by atoms with Gasteiger partial charge >= 0.3 is 0 Å². The maximum absolute atomic E-state index is 13.7. The van der Waals surface area contributed by atoms with Gasteiger partial charge in [-0.1, -0.05) is 36.4 Å². The van der Waals surface area contributed by atoms with Crippen LogP contribution in [0.5, 0.6) is 17.2 Å². The van der Waals surface area contributed by atoms with Crippen molar-refractivity contribution in [1.82, 2.24) is 0 Å². The highest BCUT2D eigenvalue weighted by molar-refractivity contribution is 6.01. The molecular weight excluding hydrogens is 428 g/mol. The summed E-state index contributed by atoms with van der Waals surface area (Å²) in [6, 6.07) is 21.5. The second-order valence-electron chi connectivity index (χ2n) is 8.52. The standard InChI is InChI=1S/C28H28N2O4/c1-32-24-11-7-4-8-19(24)18-14-22-27(23(31)15-18)28(30-21-10-6-5-9-20(21)29-22)17-12-13-25(33-2)26(16-17)34-3/h4-13,16,18,28-30H,14-15H2,1-3H3/t18-,28+/m0/s1. The van der Waals surface area contributed by atoms with Crippen molar-refractivity contribution in [2.45, 2.75) is 24.8 Å². The van der Waals surface area contributed by atoms with Crippen LogP contribution in [0.4, 0.5) is 11.4 Å². The van der Waals surface area contributed by atoms with Crippen molar-refractivity contribution in [3.05, 3.63) is 89.1 Å². The number of hydrogen-bond acceptors (Lipinski definition) is 6. The lowest BCUT2D eigenvalue weighted by atomic mass is 9.78. The number of ether oxygens (including phenoxy) is 3. The first-order valence-corrected chi connectivity index (χ1v) is 11.4. The molecule has 2 atom stereocenters. The van der Waals surface area contributed by atoms with Crippen LogP contribution in [0.1, 0.15) is 35.9 Å². The molecule has 1 heterocycles. The second-order valence-corrected chi connectivity index (χ2v) is 8.52. The third kappa shape index (κ3) is 3.85. The zero-order valence-corrected chi connectivity index (χ0v) is 19.6. The number of allylic oxidation sites excluding steroid dienone is 1. The van der Waals surface area contributed by atoms with Crippen molar-refractivity contribution in [2.24, 2.45) is 0 Å². The Hall–Kier alpha value is -3.93. The van der Waals surface area contributed by atoms with Crippen LogP contribution >= 0.6 is 0 Å². The molecule has 0 unspecified atom stereocenters. The Bertz CT molecular complexity index is 1270. The average Bonchev–Trinajstić information content (AvgIpc) is 3.05. The van der Waals surface area contributed by atoms with Crippen LogP contribution < -0.4 is 24.8 Å². The zero-order chi connectivity index (χ0) is 23.7. The predicted octanol–water partition coefficient (Wildman–Crippen LogP) is 5.69. The molecule has 0 bridgehead atoms. The molecule has 174 valence electrons. The maximum atomic E-state index is 13.7. The van der Waals surface area contributed by atoms with E-state index in [-0.39, 0.29) is 17.7 Å². The molecule has 0 saturated heterocycles. The van der Waals surface area contributed by atoms with Crippen molar-refractivity contribution in [1.29, 1.82) is 0 Å². The molecule has 0 spiro atoms. The summed E-state index contributed by atoms with van der Waals surface area (Å²) < 4.78 is 16.6. The second kappa shape index (κ2) is 9.14. The van der Waals surface area contributed by atoms with Gasteiger partial charge in [-0.2, -0.15) is 0 Å². The fourth-order valence-electron chi connectivity index (χ4n) is 5.00. The molecule has 34 heavy (non-hydrogen) atoms. The number of para-hydroxylation sites is 3. The predicted molar refractivity (Wildman–Crippen MR) is 133 cm³/mol. The van der Waals surface area contributed by atoms with Crippen LogP contribution in [0.25, 0.3) is 0 Å². The van der Waals surface area contributed by atoms with Gasteiger partial charge in [0.1, 0.15) is 5.75 Å². The quantitative estimate of drug-likeness (QED) is 0.514. The van der Waals surface area contributed by atoms with Gasteiger partial charge in [0.15, 0.2) is 17.3 Å². The number of fused-ring (bicyclic) bond motifs is 1. The van der Waals surface area contributed by atoms with Gasteiger partial charge in [0.2, 0.25) is 0 Å². The smallest absolute Gasteiger partial charge is 0.163 e. The number of carbonyl (C=O) groups is 1. The third-order valence-electron chi connectivity index (χ3n) is 6.63. The van der Waals surface area contributed by atoms with E-state index in [0.29, 0.717) is 24.3 Å². The molecule has 0 fully saturated rings. The van der Waals surface area contributed by atoms with Crippen LogP contribution in [0.2, 0.25) is 0 Å². The lowest BCUT2D eigenvalue weighted by Crippen LogP contribution is -2.27. The Morgan fingerprint density at radius 1 is 0.765 bits per heavy atom. The van der Waals surface area contributed by atoms with Gasteiger partial charge in [-0.15, -0.1) is 0 Å². The lowest BCUT2D eigenvalue weighted by Gasteiger charge is -2.30. The maximum Gasteiger partial charge on any atom is 0.163 e. The van der Waals surface area contributed by atoms with E-state index in [4.69, 9.17) is 14.2 Å². The summed E-state index contributed by atoms with van der Waals surface area (Å²) in [5, 5.41) is 7.19. The van der Waals surface area contributed by atoms with Crippen molar-refractivity contribution in [3.63, 3.8) is 0 Å². The Labute approximate surface area is 199 Å². The highest BCUT2D eigenvalue weighted by Gasteiger charge is 2.37. The molecule has 2 aliphatic rings.